The van der Waals surface area contributed by atoms with E-state index in [9.17, 15) is 9.59 Å². The maximum Gasteiger partial charge on any atom is 0.316 e. The highest BCUT2D eigenvalue weighted by Crippen LogP contribution is 2.25. The van der Waals surface area contributed by atoms with Crippen LogP contribution in [0.15, 0.2) is 28.6 Å². The Kier molecular flexibility index (Phi) is 6.54. The Bertz CT molecular complexity index is 671. The molecule has 0 aliphatic rings. The highest BCUT2D eigenvalue weighted by molar-refractivity contribution is 8.01. The molecule has 0 bridgehead atoms. The van der Waals surface area contributed by atoms with Crippen LogP contribution in [0.3, 0.4) is 0 Å². The van der Waals surface area contributed by atoms with Crippen LogP contribution in [0.1, 0.15) is 29.8 Å². The smallest absolute Gasteiger partial charge is 0.316 e. The standard InChI is InChI=1S/C15H17N3O3S2/c1-3-10-5-7-11(8-6-10)13(20)16-14-17-18-15(23-14)22-9-12(19)21-4-2/h5-8H,3-4,9H2,1-2H3,(H,16,17,20). The van der Waals surface area contributed by atoms with E-state index < -0.39 is 0 Å². The summed E-state index contributed by atoms with van der Waals surface area (Å²) in [6.45, 7) is 4.17. The van der Waals surface area contributed by atoms with Gasteiger partial charge < -0.3 is 4.74 Å². The van der Waals surface area contributed by atoms with Crippen LogP contribution < -0.4 is 5.32 Å². The van der Waals surface area contributed by atoms with Crippen LogP contribution >= 0.6 is 23.1 Å². The van der Waals surface area contributed by atoms with Crippen LogP contribution in [0.5, 0.6) is 0 Å². The molecule has 0 saturated heterocycles. The molecule has 0 spiro atoms. The molecule has 122 valence electrons. The number of thioether (sulfide) groups is 1. The molecular weight excluding hydrogens is 334 g/mol. The van der Waals surface area contributed by atoms with Gasteiger partial charge in [0.25, 0.3) is 5.91 Å². The van der Waals surface area contributed by atoms with Gasteiger partial charge in [0.1, 0.15) is 0 Å². The summed E-state index contributed by atoms with van der Waals surface area (Å²) in [6, 6.07) is 7.42. The summed E-state index contributed by atoms with van der Waals surface area (Å²) in [5.41, 5.74) is 1.74. The van der Waals surface area contributed by atoms with E-state index in [-0.39, 0.29) is 17.6 Å². The normalized spacial score (nSPS) is 10.3. The number of carbonyl (C=O) groups is 2. The van der Waals surface area contributed by atoms with E-state index >= 15 is 0 Å². The molecule has 1 N–H and O–H groups in total. The quantitative estimate of drug-likeness (QED) is 0.469. The number of benzene rings is 1. The van der Waals surface area contributed by atoms with E-state index in [1.165, 1.54) is 28.7 Å². The summed E-state index contributed by atoms with van der Waals surface area (Å²) in [5, 5.41) is 10.9. The number of rotatable bonds is 7. The zero-order valence-electron chi connectivity index (χ0n) is 12.9. The average molecular weight is 351 g/mol. The first-order valence-electron chi connectivity index (χ1n) is 7.14. The third-order valence-electron chi connectivity index (χ3n) is 2.87. The number of hydrogen-bond donors (Lipinski definition) is 1. The zero-order chi connectivity index (χ0) is 16.7. The van der Waals surface area contributed by atoms with Gasteiger partial charge in [-0.2, -0.15) is 0 Å². The number of aryl methyl sites for hydroxylation is 1. The first-order valence-corrected chi connectivity index (χ1v) is 8.94. The number of ether oxygens (including phenoxy) is 1. The summed E-state index contributed by atoms with van der Waals surface area (Å²) in [7, 11) is 0. The van der Waals surface area contributed by atoms with E-state index in [1.54, 1.807) is 19.1 Å². The topological polar surface area (TPSA) is 81.2 Å². The summed E-state index contributed by atoms with van der Waals surface area (Å²) in [6.07, 6.45) is 0.930. The lowest BCUT2D eigenvalue weighted by atomic mass is 10.1. The van der Waals surface area contributed by atoms with E-state index in [0.29, 0.717) is 21.6 Å². The molecule has 1 amide bonds. The lowest BCUT2D eigenvalue weighted by molar-refractivity contribution is -0.139. The number of anilines is 1. The van der Waals surface area contributed by atoms with Gasteiger partial charge in [-0.05, 0) is 31.0 Å². The number of amides is 1. The molecule has 0 radical (unpaired) electrons. The minimum Gasteiger partial charge on any atom is -0.465 e. The second-order valence-corrected chi connectivity index (χ2v) is 6.67. The highest BCUT2D eigenvalue weighted by Gasteiger charge is 2.12. The van der Waals surface area contributed by atoms with Gasteiger partial charge in [-0.15, -0.1) is 10.2 Å². The fourth-order valence-electron chi connectivity index (χ4n) is 1.70. The second kappa shape index (κ2) is 8.64. The molecule has 1 heterocycles. The Morgan fingerprint density at radius 3 is 2.61 bits per heavy atom. The van der Waals surface area contributed by atoms with Crippen molar-refractivity contribution >= 4 is 40.1 Å². The number of aromatic nitrogens is 2. The monoisotopic (exact) mass is 351 g/mol. The first-order chi connectivity index (χ1) is 11.1. The van der Waals surface area contributed by atoms with Gasteiger partial charge in [-0.3, -0.25) is 14.9 Å². The van der Waals surface area contributed by atoms with Gasteiger partial charge >= 0.3 is 5.97 Å². The molecule has 2 aromatic rings. The third kappa shape index (κ3) is 5.33. The van der Waals surface area contributed by atoms with Crippen molar-refractivity contribution in [2.24, 2.45) is 0 Å². The van der Waals surface area contributed by atoms with Crippen LogP contribution in [0.25, 0.3) is 0 Å². The molecule has 0 atom stereocenters. The molecule has 8 heteroatoms. The van der Waals surface area contributed by atoms with E-state index in [4.69, 9.17) is 4.74 Å². The molecule has 0 unspecified atom stereocenters. The maximum atomic E-state index is 12.1. The van der Waals surface area contributed by atoms with Crippen LogP contribution in [-0.4, -0.2) is 34.4 Å². The number of nitrogens with one attached hydrogen (secondary N) is 1. The molecule has 1 aromatic heterocycles. The largest absolute Gasteiger partial charge is 0.465 e. The van der Waals surface area contributed by atoms with Crippen LogP contribution in [0, 0.1) is 0 Å². The molecule has 0 aliphatic heterocycles. The van der Waals surface area contributed by atoms with Gasteiger partial charge in [0.2, 0.25) is 5.13 Å². The van der Waals surface area contributed by atoms with Crippen LogP contribution in [0.4, 0.5) is 5.13 Å². The zero-order valence-corrected chi connectivity index (χ0v) is 14.5. The van der Waals surface area contributed by atoms with Crippen molar-refractivity contribution in [1.29, 1.82) is 0 Å². The fourth-order valence-corrected chi connectivity index (χ4v) is 3.25. The van der Waals surface area contributed by atoms with Crippen molar-refractivity contribution in [1.82, 2.24) is 10.2 Å². The fraction of sp³-hybridized carbons (Fsp3) is 0.333. The number of carbonyl (C=O) groups excluding carboxylic acids is 2. The highest BCUT2D eigenvalue weighted by atomic mass is 32.2. The molecule has 0 saturated carbocycles. The van der Waals surface area contributed by atoms with Crippen LogP contribution in [-0.2, 0) is 16.0 Å². The molecule has 2 rings (SSSR count). The minimum atomic E-state index is -0.297. The summed E-state index contributed by atoms with van der Waals surface area (Å²) in [5.74, 6) is -0.352. The molecule has 0 aliphatic carbocycles. The van der Waals surface area contributed by atoms with Crippen molar-refractivity contribution in [3.63, 3.8) is 0 Å². The van der Waals surface area contributed by atoms with Gasteiger partial charge in [0, 0.05) is 5.56 Å². The van der Waals surface area contributed by atoms with Crippen molar-refractivity contribution in [3.05, 3.63) is 35.4 Å². The Hall–Kier alpha value is -1.93. The molecule has 1 aromatic carbocycles. The van der Waals surface area contributed by atoms with Crippen molar-refractivity contribution < 1.29 is 14.3 Å². The molecule has 23 heavy (non-hydrogen) atoms. The van der Waals surface area contributed by atoms with Gasteiger partial charge in [0.15, 0.2) is 4.34 Å². The Labute approximate surface area is 142 Å². The number of nitrogens with zero attached hydrogens (tertiary/aromatic N) is 2. The second-order valence-electron chi connectivity index (χ2n) is 4.47. The van der Waals surface area contributed by atoms with E-state index in [1.807, 2.05) is 12.1 Å². The van der Waals surface area contributed by atoms with Crippen LogP contribution in [0.2, 0.25) is 0 Å². The lowest BCUT2D eigenvalue weighted by Crippen LogP contribution is -2.11. The molecule has 0 fully saturated rings. The van der Waals surface area contributed by atoms with E-state index in [0.717, 1.165) is 6.42 Å². The molecule has 6 nitrogen and oxygen atoms in total. The Balaban J connectivity index is 1.90. The van der Waals surface area contributed by atoms with Gasteiger partial charge in [0.05, 0.1) is 12.4 Å². The van der Waals surface area contributed by atoms with Gasteiger partial charge in [-0.1, -0.05) is 42.2 Å². The summed E-state index contributed by atoms with van der Waals surface area (Å²) in [4.78, 5) is 23.4. The van der Waals surface area contributed by atoms with Crippen molar-refractivity contribution in [2.45, 2.75) is 24.6 Å². The third-order valence-corrected chi connectivity index (χ3v) is 4.82. The SMILES string of the molecule is CCOC(=O)CSc1nnc(NC(=O)c2ccc(CC)cc2)s1. The maximum absolute atomic E-state index is 12.1. The Morgan fingerprint density at radius 2 is 1.96 bits per heavy atom. The number of esters is 1. The average Bonchev–Trinajstić information content (AvgIpc) is 3.01. The van der Waals surface area contributed by atoms with E-state index in [2.05, 4.69) is 22.4 Å². The summed E-state index contributed by atoms with van der Waals surface area (Å²) >= 11 is 2.46. The predicted octanol–water partition coefficient (Wildman–Crippen LogP) is 3.01. The summed E-state index contributed by atoms with van der Waals surface area (Å²) < 4.78 is 5.44. The van der Waals surface area contributed by atoms with Gasteiger partial charge in [-0.25, -0.2) is 0 Å². The number of hydrogen-bond acceptors (Lipinski definition) is 7. The first kappa shape index (κ1) is 17.4. The minimum absolute atomic E-state index is 0.175. The van der Waals surface area contributed by atoms with Crippen molar-refractivity contribution in [2.75, 3.05) is 17.7 Å². The lowest BCUT2D eigenvalue weighted by Gasteiger charge is -2.02. The van der Waals surface area contributed by atoms with Crippen molar-refractivity contribution in [3.8, 4) is 0 Å². The Morgan fingerprint density at radius 1 is 1.22 bits per heavy atom. The molecular formula is C15H17N3O3S2. The predicted molar refractivity (Wildman–Crippen MR) is 91.0 cm³/mol.